The Morgan fingerprint density at radius 1 is 0.971 bits per heavy atom. The second kappa shape index (κ2) is 9.80. The Hall–Kier alpha value is -3.83. The number of hydrogen-bond acceptors (Lipinski definition) is 5. The lowest BCUT2D eigenvalue weighted by Gasteiger charge is -2.26. The molecule has 2 N–H and O–H groups in total. The molecule has 4 aromatic rings. The number of benzene rings is 4. The molecule has 5 heteroatoms. The van der Waals surface area contributed by atoms with Gasteiger partial charge < -0.3 is 10.5 Å². The molecular weight excluding hydrogens is 452 g/mol. The van der Waals surface area contributed by atoms with Gasteiger partial charge in [-0.1, -0.05) is 60.7 Å². The maximum Gasteiger partial charge on any atom is 0.339 e. The molecule has 0 unspecified atom stereocenters. The van der Waals surface area contributed by atoms with Crippen molar-refractivity contribution in [2.24, 2.45) is 10.7 Å². The Kier molecular flexibility index (Phi) is 6.43. The SMILES string of the molecule is COC(=O)c1c(SC)cc(-c2cccc3ccccc23)c2c1C(C=Nc1ccccc1)=C(N)CC2. The van der Waals surface area contributed by atoms with Gasteiger partial charge in [-0.05, 0) is 64.8 Å². The molecule has 1 aliphatic rings. The molecule has 0 radical (unpaired) electrons. The number of ether oxygens (including phenoxy) is 1. The van der Waals surface area contributed by atoms with Gasteiger partial charge in [0.25, 0.3) is 0 Å². The Bertz CT molecular complexity index is 1480. The number of allylic oxidation sites excluding steroid dienone is 2. The highest BCUT2D eigenvalue weighted by Crippen LogP contribution is 2.43. The number of rotatable bonds is 5. The third-order valence-electron chi connectivity index (χ3n) is 6.45. The maximum atomic E-state index is 13.1. The van der Waals surface area contributed by atoms with Crippen molar-refractivity contribution in [1.82, 2.24) is 0 Å². The molecule has 0 bridgehead atoms. The molecule has 0 heterocycles. The van der Waals surface area contributed by atoms with E-state index in [9.17, 15) is 4.79 Å². The first-order valence-electron chi connectivity index (χ1n) is 11.5. The molecule has 4 nitrogen and oxygen atoms in total. The van der Waals surface area contributed by atoms with Gasteiger partial charge in [-0.2, -0.15) is 0 Å². The largest absolute Gasteiger partial charge is 0.465 e. The fourth-order valence-corrected chi connectivity index (χ4v) is 5.40. The van der Waals surface area contributed by atoms with Crippen molar-refractivity contribution in [2.45, 2.75) is 17.7 Å². The van der Waals surface area contributed by atoms with Gasteiger partial charge >= 0.3 is 5.97 Å². The van der Waals surface area contributed by atoms with E-state index < -0.39 is 0 Å². The normalized spacial score (nSPS) is 13.3. The zero-order valence-corrected chi connectivity index (χ0v) is 20.6. The number of methoxy groups -OCH3 is 1. The number of esters is 1. The predicted molar refractivity (Wildman–Crippen MR) is 147 cm³/mol. The molecule has 0 amide bonds. The molecule has 1 aliphatic carbocycles. The Labute approximate surface area is 209 Å². The first-order valence-corrected chi connectivity index (χ1v) is 12.7. The fourth-order valence-electron chi connectivity index (χ4n) is 4.78. The molecule has 35 heavy (non-hydrogen) atoms. The van der Waals surface area contributed by atoms with E-state index in [0.717, 1.165) is 50.5 Å². The number of carbonyl (C=O) groups is 1. The minimum atomic E-state index is -0.365. The number of nitrogens with two attached hydrogens (primary N) is 1. The summed E-state index contributed by atoms with van der Waals surface area (Å²) in [6.07, 6.45) is 5.21. The van der Waals surface area contributed by atoms with Gasteiger partial charge in [0.1, 0.15) is 0 Å². The Morgan fingerprint density at radius 2 is 1.71 bits per heavy atom. The zero-order chi connectivity index (χ0) is 24.4. The van der Waals surface area contributed by atoms with Crippen LogP contribution in [0.5, 0.6) is 0 Å². The van der Waals surface area contributed by atoms with Crippen molar-refractivity contribution in [3.63, 3.8) is 0 Å². The van der Waals surface area contributed by atoms with Crippen molar-refractivity contribution in [3.8, 4) is 11.1 Å². The Morgan fingerprint density at radius 3 is 2.49 bits per heavy atom. The van der Waals surface area contributed by atoms with E-state index in [2.05, 4.69) is 48.5 Å². The van der Waals surface area contributed by atoms with E-state index >= 15 is 0 Å². The van der Waals surface area contributed by atoms with Crippen molar-refractivity contribution in [1.29, 1.82) is 0 Å². The highest BCUT2D eigenvalue weighted by Gasteiger charge is 2.29. The molecule has 5 rings (SSSR count). The van der Waals surface area contributed by atoms with E-state index in [1.807, 2.05) is 36.6 Å². The van der Waals surface area contributed by atoms with Crippen LogP contribution >= 0.6 is 11.8 Å². The third kappa shape index (κ3) is 4.24. The van der Waals surface area contributed by atoms with E-state index in [4.69, 9.17) is 15.5 Å². The van der Waals surface area contributed by atoms with Crippen molar-refractivity contribution < 1.29 is 9.53 Å². The van der Waals surface area contributed by atoms with E-state index in [0.29, 0.717) is 12.0 Å². The molecule has 0 aliphatic heterocycles. The van der Waals surface area contributed by atoms with Crippen molar-refractivity contribution in [3.05, 3.63) is 101 Å². The topological polar surface area (TPSA) is 64.7 Å². The van der Waals surface area contributed by atoms with Crippen molar-refractivity contribution >= 4 is 46.0 Å². The third-order valence-corrected chi connectivity index (χ3v) is 7.21. The summed E-state index contributed by atoms with van der Waals surface area (Å²) in [5.41, 5.74) is 13.7. The number of carbonyl (C=O) groups excluding carboxylic acids is 1. The van der Waals surface area contributed by atoms with Gasteiger partial charge in [-0.25, -0.2) is 4.79 Å². The van der Waals surface area contributed by atoms with Crippen LogP contribution in [0.1, 0.15) is 27.9 Å². The molecule has 0 atom stereocenters. The van der Waals surface area contributed by atoms with Crippen LogP contribution in [0.25, 0.3) is 27.5 Å². The van der Waals surface area contributed by atoms with Crippen LogP contribution < -0.4 is 5.73 Å². The number of hydrogen-bond donors (Lipinski definition) is 1. The summed E-state index contributed by atoms with van der Waals surface area (Å²) < 4.78 is 5.25. The lowest BCUT2D eigenvalue weighted by atomic mass is 9.80. The van der Waals surface area contributed by atoms with Crippen LogP contribution in [0, 0.1) is 0 Å². The Balaban J connectivity index is 1.81. The first kappa shape index (κ1) is 22.9. The molecular formula is C30H26N2O2S. The quantitative estimate of drug-likeness (QED) is 0.190. The van der Waals surface area contributed by atoms with Crippen LogP contribution in [-0.4, -0.2) is 25.5 Å². The number of fused-ring (bicyclic) bond motifs is 2. The summed E-state index contributed by atoms with van der Waals surface area (Å²) in [7, 11) is 1.42. The standard InChI is InChI=1S/C30H26N2O2S/c1-34-30(33)29-27(35-2)17-24(22-14-8-10-19-9-6-7-13-21(19)22)23-15-16-26(31)25(28(23)29)18-32-20-11-4-3-5-12-20/h3-14,17-18H,15-16,31H2,1-2H3. The molecule has 174 valence electrons. The van der Waals surface area contributed by atoms with Gasteiger partial charge in [0.2, 0.25) is 0 Å². The first-order chi connectivity index (χ1) is 17.1. The highest BCUT2D eigenvalue weighted by atomic mass is 32.2. The summed E-state index contributed by atoms with van der Waals surface area (Å²) in [6, 6.07) is 26.6. The van der Waals surface area contributed by atoms with Gasteiger partial charge in [-0.3, -0.25) is 4.99 Å². The number of nitrogens with zero attached hydrogens (tertiary/aromatic N) is 1. The van der Waals surface area contributed by atoms with E-state index in [1.54, 1.807) is 6.21 Å². The summed E-state index contributed by atoms with van der Waals surface area (Å²) in [4.78, 5) is 18.7. The second-order valence-corrected chi connectivity index (χ2v) is 9.25. The second-order valence-electron chi connectivity index (χ2n) is 8.41. The van der Waals surface area contributed by atoms with Crippen LogP contribution in [0.2, 0.25) is 0 Å². The minimum Gasteiger partial charge on any atom is -0.465 e. The average molecular weight is 479 g/mol. The summed E-state index contributed by atoms with van der Waals surface area (Å²) in [5, 5.41) is 2.36. The molecule has 4 aromatic carbocycles. The van der Waals surface area contributed by atoms with Crippen LogP contribution in [0.3, 0.4) is 0 Å². The lowest BCUT2D eigenvalue weighted by Crippen LogP contribution is -2.18. The molecule has 0 saturated carbocycles. The summed E-state index contributed by atoms with van der Waals surface area (Å²) in [6.45, 7) is 0. The zero-order valence-electron chi connectivity index (χ0n) is 19.7. The van der Waals surface area contributed by atoms with Gasteiger partial charge in [-0.15, -0.1) is 11.8 Å². The number of thioether (sulfide) groups is 1. The average Bonchev–Trinajstić information content (AvgIpc) is 2.91. The maximum absolute atomic E-state index is 13.1. The number of aliphatic imine (C=N–C) groups is 1. The van der Waals surface area contributed by atoms with Gasteiger partial charge in [0.15, 0.2) is 0 Å². The molecule has 0 fully saturated rings. The monoisotopic (exact) mass is 478 g/mol. The van der Waals surface area contributed by atoms with Gasteiger partial charge in [0, 0.05) is 27.9 Å². The fraction of sp³-hybridized carbons (Fsp3) is 0.133. The molecule has 0 spiro atoms. The van der Waals surface area contributed by atoms with Crippen LogP contribution in [-0.2, 0) is 11.2 Å². The van der Waals surface area contributed by atoms with Crippen molar-refractivity contribution in [2.75, 3.05) is 13.4 Å². The highest BCUT2D eigenvalue weighted by molar-refractivity contribution is 7.98. The van der Waals surface area contributed by atoms with E-state index in [1.165, 1.54) is 29.6 Å². The molecule has 0 aromatic heterocycles. The van der Waals surface area contributed by atoms with Crippen LogP contribution in [0.4, 0.5) is 5.69 Å². The van der Waals surface area contributed by atoms with Gasteiger partial charge in [0.05, 0.1) is 18.4 Å². The smallest absolute Gasteiger partial charge is 0.339 e. The minimum absolute atomic E-state index is 0.365. The summed E-state index contributed by atoms with van der Waals surface area (Å²) in [5.74, 6) is -0.365. The predicted octanol–water partition coefficient (Wildman–Crippen LogP) is 7.03. The molecule has 0 saturated heterocycles. The number of para-hydroxylation sites is 1. The van der Waals surface area contributed by atoms with Crippen LogP contribution in [0.15, 0.2) is 94.4 Å². The summed E-state index contributed by atoms with van der Waals surface area (Å²) >= 11 is 1.54. The lowest BCUT2D eigenvalue weighted by molar-refractivity contribution is 0.0596. The van der Waals surface area contributed by atoms with E-state index in [-0.39, 0.29) is 5.97 Å².